The minimum atomic E-state index is -0.276. The van der Waals surface area contributed by atoms with Gasteiger partial charge >= 0.3 is 0 Å². The quantitative estimate of drug-likeness (QED) is 0.166. The van der Waals surface area contributed by atoms with Crippen molar-refractivity contribution in [1.82, 2.24) is 9.97 Å². The number of nitrogens with zero attached hydrogens (tertiary/aromatic N) is 3. The van der Waals surface area contributed by atoms with Crippen LogP contribution >= 0.6 is 0 Å². The Morgan fingerprint density at radius 3 is 1.53 bits per heavy atom. The van der Waals surface area contributed by atoms with Crippen molar-refractivity contribution >= 4 is 40.3 Å². The molecule has 2 aliphatic carbocycles. The molecule has 0 radical (unpaired) electrons. The van der Waals surface area contributed by atoms with E-state index in [2.05, 4.69) is 158 Å². The largest absolute Gasteiger partial charge is 0.296 e. The first-order chi connectivity index (χ1) is 23.3. The van der Waals surface area contributed by atoms with E-state index in [9.17, 15) is 0 Å². The lowest BCUT2D eigenvalue weighted by molar-refractivity contribution is 0.402. The Hall–Kier alpha value is -3.40. The summed E-state index contributed by atoms with van der Waals surface area (Å²) in [5.74, 6) is 1.04. The van der Waals surface area contributed by atoms with Gasteiger partial charge in [0.2, 0.25) is 0 Å². The first-order valence-corrected chi connectivity index (χ1v) is 19.5. The van der Waals surface area contributed by atoms with Gasteiger partial charge < -0.3 is 0 Å². The van der Waals surface area contributed by atoms with Gasteiger partial charge in [-0.1, -0.05) is 141 Å². The Morgan fingerprint density at radius 1 is 0.549 bits per heavy atom. The maximum Gasteiger partial charge on any atom is 0.251 e. The Balaban J connectivity index is 1.51. The monoisotopic (exact) mass is 677 g/mol. The van der Waals surface area contributed by atoms with E-state index >= 15 is 0 Å². The molecule has 4 heteroatoms. The maximum absolute atomic E-state index is 5.29. The number of hydrogen-bond donors (Lipinski definition) is 0. The van der Waals surface area contributed by atoms with Crippen molar-refractivity contribution in [1.29, 1.82) is 0 Å². The minimum Gasteiger partial charge on any atom is -0.296 e. The summed E-state index contributed by atoms with van der Waals surface area (Å²) in [7, 11) is 0. The van der Waals surface area contributed by atoms with Crippen LogP contribution in [0.2, 0.25) is 0 Å². The molecule has 0 unspecified atom stereocenters. The standard InChI is InChI=1S/C47H60BN3/c1-41(2,3)27-17-28(42(4,5)6)19-29(18-27)51-37-23-33-32(45(11,12)25-46(33,13)14)22-36(37)48-35-21-31-30(43(7,8)24-44(31,9)10)20-34(35)47(15,16)39-38(48)40(51)50-26-49-39/h17-23,26H,24-25H2,1-16H3. The second-order valence-corrected chi connectivity index (χ2v) is 22.0. The first-order valence-electron chi connectivity index (χ1n) is 19.5. The average molecular weight is 678 g/mol. The molecule has 0 spiro atoms. The second-order valence-electron chi connectivity index (χ2n) is 22.0. The van der Waals surface area contributed by atoms with Crippen LogP contribution in [0, 0.1) is 0 Å². The van der Waals surface area contributed by atoms with Crippen molar-refractivity contribution in [2.24, 2.45) is 0 Å². The van der Waals surface area contributed by atoms with Gasteiger partial charge in [0.15, 0.2) is 0 Å². The van der Waals surface area contributed by atoms with Crippen LogP contribution in [0.25, 0.3) is 0 Å². The van der Waals surface area contributed by atoms with E-state index in [4.69, 9.17) is 9.97 Å². The van der Waals surface area contributed by atoms with Crippen LogP contribution in [0.5, 0.6) is 0 Å². The molecule has 4 aliphatic rings. The van der Waals surface area contributed by atoms with Gasteiger partial charge in [0, 0.05) is 16.8 Å². The molecule has 0 fully saturated rings. The van der Waals surface area contributed by atoms with Crippen LogP contribution < -0.4 is 21.3 Å². The van der Waals surface area contributed by atoms with Gasteiger partial charge in [0.1, 0.15) is 12.1 Å². The van der Waals surface area contributed by atoms with Crippen molar-refractivity contribution < 1.29 is 0 Å². The fourth-order valence-corrected chi connectivity index (χ4v) is 11.2. The van der Waals surface area contributed by atoms with Gasteiger partial charge in [-0.3, -0.25) is 4.90 Å². The molecule has 0 N–H and O–H groups in total. The minimum absolute atomic E-state index is 0.00585. The highest BCUT2D eigenvalue weighted by Gasteiger charge is 2.52. The lowest BCUT2D eigenvalue weighted by atomic mass is 9.30. The summed E-state index contributed by atoms with van der Waals surface area (Å²) in [6.45, 7) is 38.5. The molecule has 3 nitrogen and oxygen atoms in total. The third-order valence-corrected chi connectivity index (χ3v) is 13.4. The van der Waals surface area contributed by atoms with Crippen molar-refractivity contribution in [2.45, 2.75) is 162 Å². The molecule has 3 heterocycles. The Labute approximate surface area is 309 Å². The van der Waals surface area contributed by atoms with Gasteiger partial charge in [-0.2, -0.15) is 0 Å². The van der Waals surface area contributed by atoms with E-state index in [0.717, 1.165) is 18.7 Å². The molecule has 8 rings (SSSR count). The summed E-state index contributed by atoms with van der Waals surface area (Å²) in [4.78, 5) is 13.0. The molecule has 0 bridgehead atoms. The van der Waals surface area contributed by atoms with E-state index in [1.807, 2.05) is 6.33 Å². The molecule has 0 atom stereocenters. The van der Waals surface area contributed by atoms with Gasteiger partial charge in [0.05, 0.1) is 5.69 Å². The van der Waals surface area contributed by atoms with Crippen LogP contribution in [0.3, 0.4) is 0 Å². The van der Waals surface area contributed by atoms with Crippen LogP contribution in [-0.4, -0.2) is 16.7 Å². The lowest BCUT2D eigenvalue weighted by Crippen LogP contribution is -2.65. The summed E-state index contributed by atoms with van der Waals surface area (Å²) in [5, 5.41) is 0. The number of rotatable bonds is 1. The smallest absolute Gasteiger partial charge is 0.251 e. The number of anilines is 3. The summed E-state index contributed by atoms with van der Waals surface area (Å²) in [5.41, 5.74) is 18.0. The molecular weight excluding hydrogens is 617 g/mol. The molecular formula is C47H60BN3. The molecule has 4 aromatic rings. The van der Waals surface area contributed by atoms with Crippen molar-refractivity contribution in [3.63, 3.8) is 0 Å². The number of fused-ring (bicyclic) bond motifs is 6. The van der Waals surface area contributed by atoms with Crippen molar-refractivity contribution in [2.75, 3.05) is 4.90 Å². The summed E-state index contributed by atoms with van der Waals surface area (Å²) in [6.07, 6.45) is 4.13. The first kappa shape index (κ1) is 34.7. The van der Waals surface area contributed by atoms with Crippen LogP contribution in [-0.2, 0) is 37.9 Å². The number of benzene rings is 3. The van der Waals surface area contributed by atoms with Crippen molar-refractivity contribution in [3.05, 3.63) is 93.4 Å². The molecule has 51 heavy (non-hydrogen) atoms. The summed E-state index contributed by atoms with van der Waals surface area (Å²) >= 11 is 0. The highest BCUT2D eigenvalue weighted by molar-refractivity contribution is 6.98. The van der Waals surface area contributed by atoms with E-state index in [0.29, 0.717) is 0 Å². The molecule has 0 amide bonds. The normalized spacial score (nSPS) is 21.1. The van der Waals surface area contributed by atoms with Gasteiger partial charge in [-0.15, -0.1) is 0 Å². The molecule has 3 aromatic carbocycles. The number of hydrogen-bond acceptors (Lipinski definition) is 3. The van der Waals surface area contributed by atoms with Crippen LogP contribution in [0.4, 0.5) is 17.2 Å². The topological polar surface area (TPSA) is 29.0 Å². The zero-order valence-corrected chi connectivity index (χ0v) is 34.5. The third kappa shape index (κ3) is 4.83. The Morgan fingerprint density at radius 2 is 1.02 bits per heavy atom. The Bertz CT molecular complexity index is 2130. The number of aromatic nitrogens is 2. The van der Waals surface area contributed by atoms with Crippen LogP contribution in [0.15, 0.2) is 48.8 Å². The zero-order valence-electron chi connectivity index (χ0n) is 34.5. The maximum atomic E-state index is 5.29. The Kier molecular flexibility index (Phi) is 6.78. The predicted molar refractivity (Wildman–Crippen MR) is 219 cm³/mol. The van der Waals surface area contributed by atoms with E-state index < -0.39 is 0 Å². The molecule has 0 saturated heterocycles. The highest BCUT2D eigenvalue weighted by Crippen LogP contribution is 2.54. The second kappa shape index (κ2) is 9.97. The molecule has 1 aromatic heterocycles. The van der Waals surface area contributed by atoms with Gasteiger partial charge in [-0.25, -0.2) is 9.97 Å². The molecule has 2 aliphatic heterocycles. The fourth-order valence-electron chi connectivity index (χ4n) is 11.2. The zero-order chi connectivity index (χ0) is 37.2. The van der Waals surface area contributed by atoms with E-state index in [-0.39, 0.29) is 44.6 Å². The molecule has 266 valence electrons. The van der Waals surface area contributed by atoms with Gasteiger partial charge in [-0.05, 0) is 113 Å². The fraction of sp³-hybridized carbons (Fsp3) is 0.532. The van der Waals surface area contributed by atoms with Crippen LogP contribution in [0.1, 0.15) is 168 Å². The summed E-state index contributed by atoms with van der Waals surface area (Å²) < 4.78 is 0. The third-order valence-electron chi connectivity index (χ3n) is 13.4. The van der Waals surface area contributed by atoms with Gasteiger partial charge in [0.25, 0.3) is 6.71 Å². The summed E-state index contributed by atoms with van der Waals surface area (Å²) in [6, 6.07) is 17.7. The van der Waals surface area contributed by atoms with E-state index in [1.54, 1.807) is 0 Å². The lowest BCUT2D eigenvalue weighted by Gasteiger charge is -2.45. The predicted octanol–water partition coefficient (Wildman–Crippen LogP) is 9.93. The average Bonchev–Trinajstić information content (AvgIpc) is 3.30. The van der Waals surface area contributed by atoms with E-state index in [1.165, 1.54) is 72.4 Å². The van der Waals surface area contributed by atoms with Crippen molar-refractivity contribution in [3.8, 4) is 0 Å². The highest BCUT2D eigenvalue weighted by atomic mass is 15.2. The SMILES string of the molecule is CC(C)(C)c1cc(N2c3cc4c(cc3B3c5cc6c(cc5C(C)(C)c5ncnc2c53)C(C)(C)CC6(C)C)C(C)(C)CC4(C)C)cc(C(C)(C)C)c1. The molecule has 0 saturated carbocycles.